The molecule has 1 N–H and O–H groups in total. The number of ether oxygens (including phenoxy) is 2. The van der Waals surface area contributed by atoms with Crippen LogP contribution in [0.15, 0.2) is 54.6 Å². The van der Waals surface area contributed by atoms with Gasteiger partial charge < -0.3 is 14.8 Å². The second-order valence-electron chi connectivity index (χ2n) is 6.40. The molecule has 0 radical (unpaired) electrons. The van der Waals surface area contributed by atoms with E-state index < -0.39 is 6.10 Å². The quantitative estimate of drug-likeness (QED) is 0.944. The van der Waals surface area contributed by atoms with Gasteiger partial charge in [-0.15, -0.1) is 0 Å². The van der Waals surface area contributed by atoms with Crippen LogP contribution in [0.5, 0.6) is 11.5 Å². The molecule has 0 saturated carbocycles. The van der Waals surface area contributed by atoms with Gasteiger partial charge in [-0.05, 0) is 38.0 Å². The maximum Gasteiger partial charge on any atom is 0.265 e. The Balaban J connectivity index is 1.63. The molecule has 4 heteroatoms. The predicted octanol–water partition coefficient (Wildman–Crippen LogP) is 2.96. The lowest BCUT2D eigenvalue weighted by Crippen LogP contribution is -2.52. The van der Waals surface area contributed by atoms with Crippen molar-refractivity contribution in [2.45, 2.75) is 31.9 Å². The first-order valence-electron chi connectivity index (χ1n) is 7.78. The largest absolute Gasteiger partial charge is 0.485 e. The van der Waals surface area contributed by atoms with Crippen LogP contribution < -0.4 is 14.8 Å². The Labute approximate surface area is 136 Å². The van der Waals surface area contributed by atoms with Crippen molar-refractivity contribution in [2.24, 2.45) is 0 Å². The first-order valence-corrected chi connectivity index (χ1v) is 7.78. The van der Waals surface area contributed by atoms with Crippen LogP contribution in [0.2, 0.25) is 0 Å². The number of hydrogen-bond donors (Lipinski definition) is 1. The molecule has 0 unspecified atom stereocenters. The molecule has 23 heavy (non-hydrogen) atoms. The van der Waals surface area contributed by atoms with Gasteiger partial charge in [0.15, 0.2) is 11.5 Å². The van der Waals surface area contributed by atoms with Crippen molar-refractivity contribution < 1.29 is 14.3 Å². The summed E-state index contributed by atoms with van der Waals surface area (Å²) in [6.45, 7) is 4.25. The van der Waals surface area contributed by atoms with Gasteiger partial charge in [-0.3, -0.25) is 4.79 Å². The third-order valence-corrected chi connectivity index (χ3v) is 3.75. The van der Waals surface area contributed by atoms with Crippen LogP contribution in [0.4, 0.5) is 0 Å². The minimum atomic E-state index is -0.625. The van der Waals surface area contributed by atoms with Crippen LogP contribution in [0.25, 0.3) is 0 Å². The zero-order chi connectivity index (χ0) is 16.3. The molecule has 0 bridgehead atoms. The van der Waals surface area contributed by atoms with E-state index in [0.29, 0.717) is 11.5 Å². The molecule has 1 aliphatic heterocycles. The topological polar surface area (TPSA) is 47.6 Å². The first-order chi connectivity index (χ1) is 11.0. The van der Waals surface area contributed by atoms with E-state index in [1.165, 1.54) is 5.56 Å². The molecule has 0 aliphatic carbocycles. The average Bonchev–Trinajstić information content (AvgIpc) is 2.54. The number of fused-ring (bicyclic) bond motifs is 1. The molecule has 120 valence electrons. The second-order valence-corrected chi connectivity index (χ2v) is 6.40. The zero-order valence-corrected chi connectivity index (χ0v) is 13.4. The second kappa shape index (κ2) is 6.32. The third kappa shape index (κ3) is 3.83. The van der Waals surface area contributed by atoms with Crippen molar-refractivity contribution in [3.8, 4) is 11.5 Å². The zero-order valence-electron chi connectivity index (χ0n) is 13.4. The van der Waals surface area contributed by atoms with Gasteiger partial charge in [-0.25, -0.2) is 0 Å². The molecule has 1 amide bonds. The summed E-state index contributed by atoms with van der Waals surface area (Å²) in [6, 6.07) is 17.5. The summed E-state index contributed by atoms with van der Waals surface area (Å²) in [5.74, 6) is 1.14. The predicted molar refractivity (Wildman–Crippen MR) is 88.7 cm³/mol. The van der Waals surface area contributed by atoms with E-state index in [1.54, 1.807) is 0 Å². The Kier molecular flexibility index (Phi) is 4.24. The molecule has 1 atom stereocenters. The Morgan fingerprint density at radius 1 is 1.09 bits per heavy atom. The molecule has 3 rings (SSSR count). The smallest absolute Gasteiger partial charge is 0.265 e. The van der Waals surface area contributed by atoms with Gasteiger partial charge in [-0.1, -0.05) is 42.5 Å². The average molecular weight is 311 g/mol. The van der Waals surface area contributed by atoms with Crippen molar-refractivity contribution in [1.29, 1.82) is 0 Å². The standard InChI is InChI=1S/C19H21NO3/c1-19(2,12-14-8-4-3-5-9-14)20-18(21)17-13-22-15-10-6-7-11-16(15)23-17/h3-11,17H,12-13H2,1-2H3,(H,20,21)/t17-/m0/s1. The number of rotatable bonds is 4. The van der Waals surface area contributed by atoms with Gasteiger partial charge in [0, 0.05) is 5.54 Å². The fourth-order valence-electron chi connectivity index (χ4n) is 2.71. The van der Waals surface area contributed by atoms with E-state index in [1.807, 2.05) is 56.3 Å². The number of carbonyl (C=O) groups excluding carboxylic acids is 1. The van der Waals surface area contributed by atoms with E-state index in [4.69, 9.17) is 9.47 Å². The highest BCUT2D eigenvalue weighted by molar-refractivity contribution is 5.82. The van der Waals surface area contributed by atoms with Gasteiger partial charge in [0.25, 0.3) is 5.91 Å². The summed E-state index contributed by atoms with van der Waals surface area (Å²) in [6.07, 6.45) is 0.129. The molecule has 0 spiro atoms. The lowest BCUT2D eigenvalue weighted by Gasteiger charge is -2.31. The van der Waals surface area contributed by atoms with Gasteiger partial charge in [0.05, 0.1) is 0 Å². The summed E-state index contributed by atoms with van der Waals surface area (Å²) in [4.78, 5) is 12.5. The fourth-order valence-corrected chi connectivity index (χ4v) is 2.71. The molecule has 0 fully saturated rings. The maximum absolute atomic E-state index is 12.5. The van der Waals surface area contributed by atoms with Crippen molar-refractivity contribution in [3.05, 3.63) is 60.2 Å². The van der Waals surface area contributed by atoms with E-state index >= 15 is 0 Å². The minimum Gasteiger partial charge on any atom is -0.485 e. The van der Waals surface area contributed by atoms with Gasteiger partial charge in [0.2, 0.25) is 6.10 Å². The fraction of sp³-hybridized carbons (Fsp3) is 0.316. The van der Waals surface area contributed by atoms with Crippen molar-refractivity contribution in [3.63, 3.8) is 0 Å². The number of amides is 1. The van der Waals surface area contributed by atoms with Gasteiger partial charge in [0.1, 0.15) is 6.61 Å². The molecular formula is C19H21NO3. The number of carbonyl (C=O) groups is 1. The first kappa shape index (κ1) is 15.4. The summed E-state index contributed by atoms with van der Waals surface area (Å²) < 4.78 is 11.4. The number of hydrogen-bond acceptors (Lipinski definition) is 3. The normalized spacial score (nSPS) is 16.7. The molecule has 4 nitrogen and oxygen atoms in total. The van der Waals surface area contributed by atoms with Crippen LogP contribution in [0, 0.1) is 0 Å². The molecule has 0 aromatic heterocycles. The molecule has 0 saturated heterocycles. The number of benzene rings is 2. The van der Waals surface area contributed by atoms with Gasteiger partial charge in [-0.2, -0.15) is 0 Å². The summed E-state index contributed by atoms with van der Waals surface area (Å²) in [5, 5.41) is 3.06. The van der Waals surface area contributed by atoms with Crippen LogP contribution in [0.3, 0.4) is 0 Å². The Hall–Kier alpha value is -2.49. The van der Waals surface area contributed by atoms with Crippen LogP contribution in [-0.4, -0.2) is 24.2 Å². The van der Waals surface area contributed by atoms with Crippen LogP contribution >= 0.6 is 0 Å². The Morgan fingerprint density at radius 2 is 1.74 bits per heavy atom. The highest BCUT2D eigenvalue weighted by Gasteiger charge is 2.31. The van der Waals surface area contributed by atoms with Crippen molar-refractivity contribution in [2.75, 3.05) is 6.61 Å². The number of para-hydroxylation sites is 2. The van der Waals surface area contributed by atoms with Crippen LogP contribution in [-0.2, 0) is 11.2 Å². The Bertz CT molecular complexity index is 682. The van der Waals surface area contributed by atoms with E-state index in [2.05, 4.69) is 17.4 Å². The highest BCUT2D eigenvalue weighted by atomic mass is 16.6. The number of nitrogens with one attached hydrogen (secondary N) is 1. The van der Waals surface area contributed by atoms with E-state index in [9.17, 15) is 4.79 Å². The van der Waals surface area contributed by atoms with Crippen molar-refractivity contribution >= 4 is 5.91 Å². The van der Waals surface area contributed by atoms with E-state index in [-0.39, 0.29) is 18.1 Å². The summed E-state index contributed by atoms with van der Waals surface area (Å²) in [7, 11) is 0. The summed E-state index contributed by atoms with van der Waals surface area (Å²) >= 11 is 0. The highest BCUT2D eigenvalue weighted by Crippen LogP contribution is 2.31. The molecular weight excluding hydrogens is 290 g/mol. The lowest BCUT2D eigenvalue weighted by molar-refractivity contribution is -0.132. The Morgan fingerprint density at radius 3 is 2.48 bits per heavy atom. The molecule has 2 aromatic carbocycles. The molecule has 2 aromatic rings. The molecule has 1 aliphatic rings. The monoisotopic (exact) mass is 311 g/mol. The summed E-state index contributed by atoms with van der Waals surface area (Å²) in [5.41, 5.74) is 0.822. The molecule has 1 heterocycles. The van der Waals surface area contributed by atoms with Crippen LogP contribution in [0.1, 0.15) is 19.4 Å². The maximum atomic E-state index is 12.5. The van der Waals surface area contributed by atoms with Crippen molar-refractivity contribution in [1.82, 2.24) is 5.32 Å². The lowest BCUT2D eigenvalue weighted by atomic mass is 9.94. The minimum absolute atomic E-state index is 0.152. The van der Waals surface area contributed by atoms with Gasteiger partial charge >= 0.3 is 0 Å². The third-order valence-electron chi connectivity index (χ3n) is 3.75. The van der Waals surface area contributed by atoms with E-state index in [0.717, 1.165) is 6.42 Å². The SMILES string of the molecule is CC(C)(Cc1ccccc1)NC(=O)[C@@H]1COc2ccccc2O1.